The fourth-order valence-corrected chi connectivity index (χ4v) is 4.68. The minimum atomic E-state index is -0.613. The number of benzene rings is 2. The van der Waals surface area contributed by atoms with Crippen molar-refractivity contribution in [2.24, 2.45) is 4.99 Å². The van der Waals surface area contributed by atoms with Gasteiger partial charge in [-0.3, -0.25) is 4.99 Å². The minimum absolute atomic E-state index is 0.214. The van der Waals surface area contributed by atoms with Gasteiger partial charge in [0.2, 0.25) is 5.72 Å². The van der Waals surface area contributed by atoms with Gasteiger partial charge in [0.25, 0.3) is 0 Å². The average Bonchev–Trinajstić information content (AvgIpc) is 2.89. The lowest BCUT2D eigenvalue weighted by atomic mass is 9.77. The van der Waals surface area contributed by atoms with Crippen LogP contribution in [0.2, 0.25) is 0 Å². The van der Waals surface area contributed by atoms with E-state index >= 15 is 0 Å². The first-order valence-corrected chi connectivity index (χ1v) is 10.6. The molecule has 2 aliphatic heterocycles. The Morgan fingerprint density at radius 2 is 1.66 bits per heavy atom. The van der Waals surface area contributed by atoms with Crippen molar-refractivity contribution in [3.8, 4) is 0 Å². The molecule has 0 bridgehead atoms. The summed E-state index contributed by atoms with van der Waals surface area (Å²) in [5.74, 6) is 0.889. The molecule has 2 heterocycles. The van der Waals surface area contributed by atoms with Crippen LogP contribution in [0.1, 0.15) is 44.4 Å². The number of aliphatic imine (C=N–C) groups is 1. The molecule has 150 valence electrons. The minimum Gasteiger partial charge on any atom is -0.460 e. The number of hydrogen-bond acceptors (Lipinski definition) is 3. The van der Waals surface area contributed by atoms with E-state index in [9.17, 15) is 0 Å². The van der Waals surface area contributed by atoms with Gasteiger partial charge in [-0.05, 0) is 49.1 Å². The number of hydrogen-bond donors (Lipinski definition) is 0. The Bertz CT molecular complexity index is 1010. The van der Waals surface area contributed by atoms with Gasteiger partial charge in [0, 0.05) is 19.2 Å². The normalized spacial score (nSPS) is 23.3. The Hall–Kier alpha value is -2.81. The first kappa shape index (κ1) is 19.5. The van der Waals surface area contributed by atoms with Gasteiger partial charge in [0.1, 0.15) is 5.76 Å². The van der Waals surface area contributed by atoms with Gasteiger partial charge in [-0.15, -0.1) is 0 Å². The van der Waals surface area contributed by atoms with Gasteiger partial charge < -0.3 is 9.64 Å². The van der Waals surface area contributed by atoms with Crippen molar-refractivity contribution in [2.75, 3.05) is 11.9 Å². The van der Waals surface area contributed by atoms with Crippen LogP contribution < -0.4 is 4.90 Å². The van der Waals surface area contributed by atoms with Crippen LogP contribution in [-0.4, -0.2) is 19.0 Å². The smallest absolute Gasteiger partial charge is 0.228 e. The number of allylic oxidation sites excluding steroid dienone is 3. The van der Waals surface area contributed by atoms with E-state index in [4.69, 9.17) is 9.73 Å². The topological polar surface area (TPSA) is 24.8 Å². The highest BCUT2D eigenvalue weighted by Crippen LogP contribution is 2.52. The van der Waals surface area contributed by atoms with Crippen molar-refractivity contribution in [2.45, 2.75) is 51.7 Å². The van der Waals surface area contributed by atoms with E-state index in [-0.39, 0.29) is 5.41 Å². The Morgan fingerprint density at radius 1 is 0.966 bits per heavy atom. The summed E-state index contributed by atoms with van der Waals surface area (Å²) in [4.78, 5) is 7.19. The van der Waals surface area contributed by atoms with E-state index in [0.717, 1.165) is 24.3 Å². The van der Waals surface area contributed by atoms with Gasteiger partial charge in [0.05, 0.1) is 17.3 Å². The summed E-state index contributed by atoms with van der Waals surface area (Å²) < 4.78 is 6.77. The lowest BCUT2D eigenvalue weighted by molar-refractivity contribution is 0.0204. The van der Waals surface area contributed by atoms with Crippen LogP contribution in [0.3, 0.4) is 0 Å². The third-order valence-corrected chi connectivity index (χ3v) is 6.36. The number of rotatable bonds is 0. The molecular formula is C26H30N2O. The van der Waals surface area contributed by atoms with Crippen LogP contribution in [0.5, 0.6) is 0 Å². The molecule has 0 fully saturated rings. The number of likely N-dealkylation sites (N-methyl/N-ethyl adjacent to an activating group) is 1. The molecule has 3 aliphatic rings. The summed E-state index contributed by atoms with van der Waals surface area (Å²) in [6.45, 7) is 8.49. The van der Waals surface area contributed by atoms with E-state index in [0.29, 0.717) is 0 Å². The highest BCUT2D eigenvalue weighted by atomic mass is 16.5. The van der Waals surface area contributed by atoms with Crippen LogP contribution in [0, 0.1) is 0 Å². The number of ether oxygens (including phenoxy) is 1. The molecule has 29 heavy (non-hydrogen) atoms. The summed E-state index contributed by atoms with van der Waals surface area (Å²) in [6, 6.07) is 17.1. The van der Waals surface area contributed by atoms with Gasteiger partial charge in [-0.25, -0.2) is 0 Å². The fourth-order valence-electron chi connectivity index (χ4n) is 4.68. The lowest BCUT2D eigenvalue weighted by Gasteiger charge is -2.45. The summed E-state index contributed by atoms with van der Waals surface area (Å²) >= 11 is 0. The van der Waals surface area contributed by atoms with Crippen molar-refractivity contribution >= 4 is 11.9 Å². The maximum absolute atomic E-state index is 6.77. The SMILES string of the molecule is CC.CN1c2ccccc2C(C)(C)C12C=NC1=C(C=CCc3ccccc3C1)O2. The van der Waals surface area contributed by atoms with E-state index in [1.165, 1.54) is 22.4 Å². The number of fused-ring (bicyclic) bond motifs is 2. The maximum Gasteiger partial charge on any atom is 0.228 e. The average molecular weight is 387 g/mol. The van der Waals surface area contributed by atoms with Crippen LogP contribution in [0.15, 0.2) is 77.1 Å². The van der Waals surface area contributed by atoms with Crippen LogP contribution >= 0.6 is 0 Å². The molecule has 1 atom stereocenters. The third-order valence-electron chi connectivity index (χ3n) is 6.36. The largest absolute Gasteiger partial charge is 0.460 e. The van der Waals surface area contributed by atoms with Crippen LogP contribution in [0.4, 0.5) is 5.69 Å². The predicted molar refractivity (Wildman–Crippen MR) is 122 cm³/mol. The lowest BCUT2D eigenvalue weighted by Crippen LogP contribution is -2.58. The molecule has 0 saturated heterocycles. The maximum atomic E-state index is 6.77. The second kappa shape index (κ2) is 7.22. The molecule has 0 radical (unpaired) electrons. The molecule has 1 aliphatic carbocycles. The highest BCUT2D eigenvalue weighted by Gasteiger charge is 2.58. The van der Waals surface area contributed by atoms with Crippen molar-refractivity contribution in [1.29, 1.82) is 0 Å². The second-order valence-corrected chi connectivity index (χ2v) is 8.12. The molecule has 3 heteroatoms. The summed E-state index contributed by atoms with van der Waals surface area (Å²) in [6.07, 6.45) is 8.04. The zero-order valence-corrected chi connectivity index (χ0v) is 18.1. The predicted octanol–water partition coefficient (Wildman–Crippen LogP) is 5.80. The second-order valence-electron chi connectivity index (χ2n) is 8.12. The van der Waals surface area contributed by atoms with Crippen molar-refractivity contribution in [3.05, 3.63) is 88.8 Å². The number of nitrogens with zero attached hydrogens (tertiary/aromatic N) is 2. The van der Waals surface area contributed by atoms with Crippen molar-refractivity contribution < 1.29 is 4.74 Å². The molecule has 0 aromatic heterocycles. The van der Waals surface area contributed by atoms with E-state index in [1.54, 1.807) is 0 Å². The standard InChI is InChI=1S/C24H24N2O.C2H6/c1-23(2)19-12-6-7-13-21(19)26(3)24(23)16-25-20-15-18-10-5-4-9-17(18)11-8-14-22(20)27-24;1-2/h4-10,12-14,16H,11,15H2,1-3H3;1-2H3. The summed E-state index contributed by atoms with van der Waals surface area (Å²) in [5.41, 5.74) is 5.37. The van der Waals surface area contributed by atoms with Crippen molar-refractivity contribution in [1.82, 2.24) is 0 Å². The summed E-state index contributed by atoms with van der Waals surface area (Å²) in [7, 11) is 2.10. The monoisotopic (exact) mass is 386 g/mol. The third kappa shape index (κ3) is 2.83. The number of para-hydroxylation sites is 1. The van der Waals surface area contributed by atoms with Gasteiger partial charge in [-0.1, -0.05) is 62.4 Å². The van der Waals surface area contributed by atoms with E-state index < -0.39 is 5.72 Å². The van der Waals surface area contributed by atoms with Crippen LogP contribution in [-0.2, 0) is 23.0 Å². The summed E-state index contributed by atoms with van der Waals surface area (Å²) in [5, 5.41) is 0. The Balaban J connectivity index is 0.000000994. The quantitative estimate of drug-likeness (QED) is 0.571. The zero-order valence-electron chi connectivity index (χ0n) is 18.1. The molecular weight excluding hydrogens is 356 g/mol. The highest BCUT2D eigenvalue weighted by molar-refractivity contribution is 5.85. The first-order valence-electron chi connectivity index (χ1n) is 10.6. The molecule has 5 rings (SSSR count). The number of anilines is 1. The zero-order chi connectivity index (χ0) is 20.6. The molecule has 3 nitrogen and oxygen atoms in total. The van der Waals surface area contributed by atoms with Gasteiger partial charge in [0.15, 0.2) is 0 Å². The Kier molecular flexibility index (Phi) is 4.85. The molecule has 0 N–H and O–H groups in total. The molecule has 2 aromatic carbocycles. The molecule has 2 aromatic rings. The van der Waals surface area contributed by atoms with Gasteiger partial charge >= 0.3 is 0 Å². The Labute approximate surface area is 174 Å². The molecule has 1 spiro atoms. The Morgan fingerprint density at radius 3 is 2.41 bits per heavy atom. The fraction of sp³-hybridized carbons (Fsp3) is 0.346. The van der Waals surface area contributed by atoms with E-state index in [1.807, 2.05) is 20.1 Å². The van der Waals surface area contributed by atoms with Gasteiger partial charge in [-0.2, -0.15) is 0 Å². The first-order chi connectivity index (χ1) is 14.0. The van der Waals surface area contributed by atoms with E-state index in [2.05, 4.69) is 86.5 Å². The molecule has 0 amide bonds. The molecule has 0 saturated carbocycles. The van der Waals surface area contributed by atoms with Crippen LogP contribution in [0.25, 0.3) is 0 Å². The van der Waals surface area contributed by atoms with Crippen molar-refractivity contribution in [3.63, 3.8) is 0 Å². The molecule has 1 unspecified atom stereocenters.